The lowest BCUT2D eigenvalue weighted by molar-refractivity contribution is -0.140. The number of hydrogen-bond donors (Lipinski definition) is 1. The summed E-state index contributed by atoms with van der Waals surface area (Å²) >= 11 is 0. The van der Waals surface area contributed by atoms with E-state index in [-0.39, 0.29) is 35.9 Å². The molecule has 5 nitrogen and oxygen atoms in total. The molecule has 2 amide bonds. The normalized spacial score (nSPS) is 19.2. The number of anilines is 1. The summed E-state index contributed by atoms with van der Waals surface area (Å²) in [5, 5.41) is 2.85. The first kappa shape index (κ1) is 25.3. The Morgan fingerprint density at radius 2 is 1.74 bits per heavy atom. The Bertz CT molecular complexity index is 1050. The molecule has 35 heavy (non-hydrogen) atoms. The second kappa shape index (κ2) is 11.3. The maximum atomic E-state index is 14.5. The Balaban J connectivity index is 1.34. The van der Waals surface area contributed by atoms with Crippen LogP contribution in [0.4, 0.5) is 14.5 Å². The van der Waals surface area contributed by atoms with E-state index in [1.807, 2.05) is 11.8 Å². The summed E-state index contributed by atoms with van der Waals surface area (Å²) in [6.07, 6.45) is 5.02. The lowest BCUT2D eigenvalue weighted by Gasteiger charge is -2.41. The second-order valence-electron chi connectivity index (χ2n) is 10.0. The van der Waals surface area contributed by atoms with Gasteiger partial charge in [0.25, 0.3) is 0 Å². The van der Waals surface area contributed by atoms with Gasteiger partial charge in [-0.3, -0.25) is 14.5 Å². The van der Waals surface area contributed by atoms with Gasteiger partial charge in [0.15, 0.2) is 0 Å². The number of piperazine rings is 1. The molecule has 0 bridgehead atoms. The third kappa shape index (κ3) is 6.45. The van der Waals surface area contributed by atoms with E-state index in [1.165, 1.54) is 24.3 Å². The quantitative estimate of drug-likeness (QED) is 0.599. The first-order valence-electron chi connectivity index (χ1n) is 12.7. The number of benzene rings is 2. The van der Waals surface area contributed by atoms with Crippen LogP contribution in [-0.4, -0.2) is 47.3 Å². The van der Waals surface area contributed by atoms with E-state index in [9.17, 15) is 18.4 Å². The van der Waals surface area contributed by atoms with E-state index < -0.39 is 0 Å². The van der Waals surface area contributed by atoms with Crippen molar-refractivity contribution in [2.75, 3.05) is 25.0 Å². The Kier molecular flexibility index (Phi) is 8.16. The Morgan fingerprint density at radius 1 is 1.03 bits per heavy atom. The van der Waals surface area contributed by atoms with Crippen molar-refractivity contribution in [3.05, 3.63) is 64.7 Å². The summed E-state index contributed by atoms with van der Waals surface area (Å²) < 4.78 is 27.5. The van der Waals surface area contributed by atoms with E-state index in [0.29, 0.717) is 31.1 Å². The van der Waals surface area contributed by atoms with Gasteiger partial charge in [0.05, 0.1) is 0 Å². The molecule has 1 heterocycles. The summed E-state index contributed by atoms with van der Waals surface area (Å²) in [5.41, 5.74) is 3.03. The lowest BCUT2D eigenvalue weighted by Crippen LogP contribution is -2.54. The molecule has 1 aliphatic carbocycles. The first-order chi connectivity index (χ1) is 16.8. The van der Waals surface area contributed by atoms with Gasteiger partial charge in [-0.25, -0.2) is 8.78 Å². The predicted molar refractivity (Wildman–Crippen MR) is 133 cm³/mol. The van der Waals surface area contributed by atoms with Crippen molar-refractivity contribution in [2.45, 2.75) is 65.0 Å². The number of carbonyl (C=O) groups is 2. The highest BCUT2D eigenvalue weighted by molar-refractivity contribution is 5.91. The van der Waals surface area contributed by atoms with Crippen LogP contribution in [0.2, 0.25) is 0 Å². The van der Waals surface area contributed by atoms with Crippen LogP contribution in [0.15, 0.2) is 36.4 Å². The molecular formula is C28H35F2N3O2. The van der Waals surface area contributed by atoms with E-state index in [2.05, 4.69) is 17.1 Å². The zero-order valence-corrected chi connectivity index (χ0v) is 20.7. The minimum absolute atomic E-state index is 0.122. The molecule has 0 spiro atoms. The molecular weight excluding hydrogens is 448 g/mol. The van der Waals surface area contributed by atoms with Gasteiger partial charge in [-0.2, -0.15) is 0 Å². The van der Waals surface area contributed by atoms with Gasteiger partial charge < -0.3 is 10.2 Å². The largest absolute Gasteiger partial charge is 0.337 e. The summed E-state index contributed by atoms with van der Waals surface area (Å²) in [5.74, 6) is -0.424. The third-order valence-electron chi connectivity index (χ3n) is 7.40. The van der Waals surface area contributed by atoms with Gasteiger partial charge in [-0.05, 0) is 74.1 Å². The summed E-state index contributed by atoms with van der Waals surface area (Å²) in [7, 11) is 0. The number of aryl methyl sites for hydroxylation is 1. The van der Waals surface area contributed by atoms with Crippen LogP contribution < -0.4 is 5.32 Å². The van der Waals surface area contributed by atoms with Crippen molar-refractivity contribution in [3.63, 3.8) is 0 Å². The Morgan fingerprint density at radius 3 is 2.43 bits per heavy atom. The molecule has 7 heteroatoms. The summed E-state index contributed by atoms with van der Waals surface area (Å²) in [6, 6.07) is 9.09. The molecule has 1 N–H and O–H groups in total. The third-order valence-corrected chi connectivity index (χ3v) is 7.40. The van der Waals surface area contributed by atoms with Gasteiger partial charge in [0.1, 0.15) is 11.6 Å². The van der Waals surface area contributed by atoms with Crippen molar-refractivity contribution in [2.24, 2.45) is 5.92 Å². The van der Waals surface area contributed by atoms with Crippen LogP contribution in [-0.2, 0) is 22.6 Å². The van der Waals surface area contributed by atoms with E-state index in [1.54, 1.807) is 12.1 Å². The monoisotopic (exact) mass is 483 g/mol. The van der Waals surface area contributed by atoms with Crippen LogP contribution in [0.3, 0.4) is 0 Å². The van der Waals surface area contributed by atoms with E-state index in [0.717, 1.165) is 55.5 Å². The molecule has 0 radical (unpaired) electrons. The van der Waals surface area contributed by atoms with Crippen LogP contribution >= 0.6 is 0 Å². The standard InChI is InChI=1S/C28H35F2N3O2/c1-19-17-32(13-14-33(19)28(35)22-5-3-4-6-22)18-23-15-25(30)16-26(20(23)2)31-27(34)12-9-21-7-10-24(29)11-8-21/h7-8,10-11,15-16,19,22H,3-6,9,12-14,17-18H2,1-2H3,(H,31,34). The second-order valence-corrected chi connectivity index (χ2v) is 10.0. The minimum atomic E-state index is -0.387. The van der Waals surface area contributed by atoms with Gasteiger partial charge in [-0.15, -0.1) is 0 Å². The van der Waals surface area contributed by atoms with Gasteiger partial charge >= 0.3 is 0 Å². The maximum absolute atomic E-state index is 14.5. The van der Waals surface area contributed by atoms with Crippen molar-refractivity contribution in [3.8, 4) is 0 Å². The van der Waals surface area contributed by atoms with Crippen LogP contribution in [0, 0.1) is 24.5 Å². The molecule has 188 valence electrons. The average molecular weight is 484 g/mol. The lowest BCUT2D eigenvalue weighted by atomic mass is 10.0. The fourth-order valence-corrected chi connectivity index (χ4v) is 5.30. The van der Waals surface area contributed by atoms with Gasteiger partial charge in [-0.1, -0.05) is 25.0 Å². The highest BCUT2D eigenvalue weighted by Gasteiger charge is 2.33. The number of rotatable bonds is 7. The van der Waals surface area contributed by atoms with Crippen molar-refractivity contribution in [1.29, 1.82) is 0 Å². The Labute approximate surface area is 206 Å². The van der Waals surface area contributed by atoms with Crippen LogP contribution in [0.25, 0.3) is 0 Å². The van der Waals surface area contributed by atoms with Gasteiger partial charge in [0, 0.05) is 50.2 Å². The molecule has 1 unspecified atom stereocenters. The molecule has 1 saturated heterocycles. The van der Waals surface area contributed by atoms with Gasteiger partial charge in [0.2, 0.25) is 11.8 Å². The highest BCUT2D eigenvalue weighted by Crippen LogP contribution is 2.29. The zero-order valence-electron chi connectivity index (χ0n) is 20.7. The number of carbonyl (C=O) groups excluding carboxylic acids is 2. The fourth-order valence-electron chi connectivity index (χ4n) is 5.30. The number of nitrogens with one attached hydrogen (secondary N) is 1. The maximum Gasteiger partial charge on any atom is 0.226 e. The molecule has 4 rings (SSSR count). The SMILES string of the molecule is Cc1c(CN2CCN(C(=O)C3CCCC3)C(C)C2)cc(F)cc1NC(=O)CCc1ccc(F)cc1. The van der Waals surface area contributed by atoms with Crippen molar-refractivity contribution >= 4 is 17.5 Å². The average Bonchev–Trinajstić information content (AvgIpc) is 3.36. The molecule has 2 aliphatic rings. The first-order valence-corrected chi connectivity index (χ1v) is 12.7. The molecule has 1 saturated carbocycles. The molecule has 0 aromatic heterocycles. The van der Waals surface area contributed by atoms with Crippen LogP contribution in [0.5, 0.6) is 0 Å². The van der Waals surface area contributed by atoms with Crippen molar-refractivity contribution < 1.29 is 18.4 Å². The summed E-state index contributed by atoms with van der Waals surface area (Å²) in [6.45, 7) is 6.74. The Hall–Kier alpha value is -2.80. The number of halogens is 2. The smallest absolute Gasteiger partial charge is 0.226 e. The molecule has 1 aliphatic heterocycles. The summed E-state index contributed by atoms with van der Waals surface area (Å²) in [4.78, 5) is 29.7. The molecule has 1 atom stereocenters. The van der Waals surface area contributed by atoms with E-state index in [4.69, 9.17) is 0 Å². The van der Waals surface area contributed by atoms with Crippen molar-refractivity contribution in [1.82, 2.24) is 9.80 Å². The van der Waals surface area contributed by atoms with Crippen LogP contribution in [0.1, 0.15) is 55.7 Å². The topological polar surface area (TPSA) is 52.6 Å². The zero-order chi connectivity index (χ0) is 24.9. The van der Waals surface area contributed by atoms with E-state index >= 15 is 0 Å². The minimum Gasteiger partial charge on any atom is -0.337 e. The molecule has 2 aromatic rings. The number of hydrogen-bond acceptors (Lipinski definition) is 3. The molecule has 2 aromatic carbocycles. The predicted octanol–water partition coefficient (Wildman–Crippen LogP) is 5.07. The number of amides is 2. The highest BCUT2D eigenvalue weighted by atomic mass is 19.1. The molecule has 2 fully saturated rings. The number of nitrogens with zero attached hydrogens (tertiary/aromatic N) is 2. The fraction of sp³-hybridized carbons (Fsp3) is 0.500.